The number of aryl methyl sites for hydroxylation is 2. The largest absolute Gasteiger partial charge is 0.495 e. The lowest BCUT2D eigenvalue weighted by atomic mass is 10.2. The van der Waals surface area contributed by atoms with Gasteiger partial charge in [-0.15, -0.1) is 0 Å². The predicted octanol–water partition coefficient (Wildman–Crippen LogP) is 4.49. The van der Waals surface area contributed by atoms with Gasteiger partial charge < -0.3 is 10.1 Å². The van der Waals surface area contributed by atoms with Crippen LogP contribution in [-0.4, -0.2) is 42.4 Å². The Labute approximate surface area is 228 Å². The molecule has 0 saturated carbocycles. The summed E-state index contributed by atoms with van der Waals surface area (Å²) in [7, 11) is -6.67. The molecular formula is C26H30ClN3O6S2. The van der Waals surface area contributed by atoms with Crippen molar-refractivity contribution in [2.45, 2.75) is 43.5 Å². The van der Waals surface area contributed by atoms with Gasteiger partial charge in [0.15, 0.2) is 0 Å². The van der Waals surface area contributed by atoms with E-state index in [9.17, 15) is 21.6 Å². The molecule has 0 spiro atoms. The van der Waals surface area contributed by atoms with E-state index < -0.39 is 32.5 Å². The highest BCUT2D eigenvalue weighted by atomic mass is 35.5. The average molecular weight is 580 g/mol. The van der Waals surface area contributed by atoms with Gasteiger partial charge in [-0.3, -0.25) is 9.10 Å². The molecule has 0 radical (unpaired) electrons. The summed E-state index contributed by atoms with van der Waals surface area (Å²) in [5, 5.41) is 2.90. The number of nitrogens with one attached hydrogen (secondary N) is 2. The number of methoxy groups -OCH3 is 1. The molecule has 0 heterocycles. The summed E-state index contributed by atoms with van der Waals surface area (Å²) in [6.07, 6.45) is 0. The standard InChI is InChI=1S/C26H30ClN3O6S2/c1-17(2)29-37(32,33)22-12-13-25(36-5)23(15-22)28-26(31)16-30(24-14-20(27)9-8-19(24)4)38(34,35)21-10-6-18(3)7-11-21/h6-15,17,29H,16H2,1-5H3,(H,28,31). The van der Waals surface area contributed by atoms with Crippen LogP contribution in [0.3, 0.4) is 0 Å². The molecule has 0 atom stereocenters. The lowest BCUT2D eigenvalue weighted by molar-refractivity contribution is -0.114. The fourth-order valence-electron chi connectivity index (χ4n) is 3.64. The van der Waals surface area contributed by atoms with Gasteiger partial charge in [-0.25, -0.2) is 21.6 Å². The molecule has 0 bridgehead atoms. The van der Waals surface area contributed by atoms with Crippen molar-refractivity contribution in [1.29, 1.82) is 0 Å². The minimum absolute atomic E-state index is 0.000654. The Morgan fingerprint density at radius 2 is 1.58 bits per heavy atom. The molecule has 9 nitrogen and oxygen atoms in total. The third-order valence-electron chi connectivity index (χ3n) is 5.48. The van der Waals surface area contributed by atoms with Crippen LogP contribution >= 0.6 is 11.6 Å². The first kappa shape index (κ1) is 29.4. The van der Waals surface area contributed by atoms with Crippen LogP contribution in [0.4, 0.5) is 11.4 Å². The molecule has 3 aromatic rings. The molecule has 0 fully saturated rings. The first-order chi connectivity index (χ1) is 17.7. The quantitative estimate of drug-likeness (QED) is 0.365. The zero-order valence-electron chi connectivity index (χ0n) is 21.6. The summed E-state index contributed by atoms with van der Waals surface area (Å²) < 4.78 is 61.5. The molecule has 204 valence electrons. The molecule has 3 rings (SSSR count). The predicted molar refractivity (Wildman–Crippen MR) is 149 cm³/mol. The Morgan fingerprint density at radius 3 is 2.18 bits per heavy atom. The Balaban J connectivity index is 2.02. The van der Waals surface area contributed by atoms with Crippen molar-refractivity contribution < 1.29 is 26.4 Å². The van der Waals surface area contributed by atoms with Crippen LogP contribution in [0.1, 0.15) is 25.0 Å². The molecule has 1 amide bonds. The molecule has 2 N–H and O–H groups in total. The Bertz CT molecular complexity index is 1540. The number of amides is 1. The number of anilines is 2. The van der Waals surface area contributed by atoms with Gasteiger partial charge in [-0.2, -0.15) is 0 Å². The Morgan fingerprint density at radius 1 is 0.947 bits per heavy atom. The maximum atomic E-state index is 13.7. The summed E-state index contributed by atoms with van der Waals surface area (Å²) >= 11 is 6.18. The van der Waals surface area contributed by atoms with Crippen LogP contribution in [0.25, 0.3) is 0 Å². The van der Waals surface area contributed by atoms with E-state index in [1.165, 1.54) is 43.5 Å². The summed E-state index contributed by atoms with van der Waals surface area (Å²) in [6.45, 7) is 6.30. The van der Waals surface area contributed by atoms with Crippen molar-refractivity contribution >= 4 is 48.9 Å². The maximum absolute atomic E-state index is 13.7. The van der Waals surface area contributed by atoms with E-state index in [2.05, 4.69) is 10.0 Å². The highest BCUT2D eigenvalue weighted by Crippen LogP contribution is 2.31. The lowest BCUT2D eigenvalue weighted by Gasteiger charge is -2.26. The van der Waals surface area contributed by atoms with Gasteiger partial charge in [0.2, 0.25) is 15.9 Å². The molecule has 38 heavy (non-hydrogen) atoms. The van der Waals surface area contributed by atoms with Gasteiger partial charge in [0, 0.05) is 11.1 Å². The third kappa shape index (κ3) is 6.84. The van der Waals surface area contributed by atoms with Gasteiger partial charge in [-0.05, 0) is 75.7 Å². The van der Waals surface area contributed by atoms with Crippen molar-refractivity contribution in [1.82, 2.24) is 4.72 Å². The molecule has 12 heteroatoms. The normalized spacial score (nSPS) is 11.9. The van der Waals surface area contributed by atoms with Crippen LogP contribution in [-0.2, 0) is 24.8 Å². The van der Waals surface area contributed by atoms with Crippen LogP contribution in [0.5, 0.6) is 5.75 Å². The topological polar surface area (TPSA) is 122 Å². The molecule has 0 saturated heterocycles. The fourth-order valence-corrected chi connectivity index (χ4v) is 6.56. The Kier molecular flexibility index (Phi) is 9.09. The van der Waals surface area contributed by atoms with Crippen molar-refractivity contribution in [3.8, 4) is 5.75 Å². The van der Waals surface area contributed by atoms with Crippen molar-refractivity contribution in [3.63, 3.8) is 0 Å². The summed E-state index contributed by atoms with van der Waals surface area (Å²) in [4.78, 5) is 13.2. The number of rotatable bonds is 10. The number of carbonyl (C=O) groups excluding carboxylic acids is 1. The number of hydrogen-bond donors (Lipinski definition) is 2. The average Bonchev–Trinajstić information content (AvgIpc) is 2.83. The fraction of sp³-hybridized carbons (Fsp3) is 0.269. The highest BCUT2D eigenvalue weighted by Gasteiger charge is 2.29. The monoisotopic (exact) mass is 579 g/mol. The number of hydrogen-bond acceptors (Lipinski definition) is 6. The summed E-state index contributed by atoms with van der Waals surface area (Å²) in [5.74, 6) is -0.515. The number of nitrogens with zero attached hydrogens (tertiary/aromatic N) is 1. The number of halogens is 1. The SMILES string of the molecule is COc1ccc(S(=O)(=O)NC(C)C)cc1NC(=O)CN(c1cc(Cl)ccc1C)S(=O)(=O)c1ccc(C)cc1. The number of carbonyl (C=O) groups is 1. The molecular weight excluding hydrogens is 550 g/mol. The zero-order valence-corrected chi connectivity index (χ0v) is 24.0. The van der Waals surface area contributed by atoms with Crippen LogP contribution in [0.2, 0.25) is 5.02 Å². The zero-order chi connectivity index (χ0) is 28.3. The third-order valence-corrected chi connectivity index (χ3v) is 9.15. The van der Waals surface area contributed by atoms with E-state index in [1.54, 1.807) is 45.0 Å². The second-order valence-corrected chi connectivity index (χ2v) is 13.0. The van der Waals surface area contributed by atoms with E-state index in [0.29, 0.717) is 10.6 Å². The second kappa shape index (κ2) is 11.7. The maximum Gasteiger partial charge on any atom is 0.264 e. The minimum Gasteiger partial charge on any atom is -0.495 e. The number of sulfonamides is 2. The van der Waals surface area contributed by atoms with Gasteiger partial charge >= 0.3 is 0 Å². The number of ether oxygens (including phenoxy) is 1. The van der Waals surface area contributed by atoms with Gasteiger partial charge in [0.05, 0.1) is 28.3 Å². The highest BCUT2D eigenvalue weighted by molar-refractivity contribution is 7.93. The van der Waals surface area contributed by atoms with E-state index in [-0.39, 0.29) is 33.0 Å². The molecule has 0 aromatic heterocycles. The van der Waals surface area contributed by atoms with E-state index >= 15 is 0 Å². The molecule has 0 aliphatic heterocycles. The van der Waals surface area contributed by atoms with E-state index in [1.807, 2.05) is 6.92 Å². The van der Waals surface area contributed by atoms with Crippen LogP contribution in [0.15, 0.2) is 70.5 Å². The van der Waals surface area contributed by atoms with Crippen LogP contribution in [0, 0.1) is 13.8 Å². The summed E-state index contributed by atoms with van der Waals surface area (Å²) in [6, 6.07) is 14.7. The van der Waals surface area contributed by atoms with E-state index in [4.69, 9.17) is 16.3 Å². The lowest BCUT2D eigenvalue weighted by Crippen LogP contribution is -2.38. The number of benzene rings is 3. The Hall–Kier alpha value is -3.12. The molecule has 0 aliphatic carbocycles. The molecule has 3 aromatic carbocycles. The van der Waals surface area contributed by atoms with Gasteiger partial charge in [-0.1, -0.05) is 35.4 Å². The molecule has 0 unspecified atom stereocenters. The summed E-state index contributed by atoms with van der Waals surface area (Å²) in [5.41, 5.74) is 1.77. The van der Waals surface area contributed by atoms with Crippen molar-refractivity contribution in [2.75, 3.05) is 23.3 Å². The van der Waals surface area contributed by atoms with Crippen molar-refractivity contribution in [3.05, 3.63) is 76.8 Å². The smallest absolute Gasteiger partial charge is 0.264 e. The molecule has 0 aliphatic rings. The van der Waals surface area contributed by atoms with Gasteiger partial charge in [0.1, 0.15) is 12.3 Å². The van der Waals surface area contributed by atoms with Crippen LogP contribution < -0.4 is 19.1 Å². The minimum atomic E-state index is -4.18. The first-order valence-corrected chi connectivity index (χ1v) is 14.9. The van der Waals surface area contributed by atoms with E-state index in [0.717, 1.165) is 9.87 Å². The second-order valence-electron chi connectivity index (χ2n) is 8.94. The first-order valence-electron chi connectivity index (χ1n) is 11.6. The van der Waals surface area contributed by atoms with Crippen molar-refractivity contribution in [2.24, 2.45) is 0 Å². The van der Waals surface area contributed by atoms with Gasteiger partial charge in [0.25, 0.3) is 10.0 Å².